The maximum Gasteiger partial charge on any atom is 0.416 e. The molecule has 1 N–H and O–H groups in total. The second-order valence-electron chi connectivity index (χ2n) is 7.00. The Morgan fingerprint density at radius 3 is 2.25 bits per heavy atom. The number of halogens is 6. The number of ether oxygens (including phenoxy) is 1. The van der Waals surface area contributed by atoms with Crippen LogP contribution in [-0.2, 0) is 17.6 Å². The van der Waals surface area contributed by atoms with Gasteiger partial charge in [0.05, 0.1) is 12.7 Å². The van der Waals surface area contributed by atoms with Gasteiger partial charge in [0.25, 0.3) is 5.91 Å². The molecular weight excluding hydrogens is 652 g/mol. The minimum absolute atomic E-state index is 0.139. The third-order valence-electron chi connectivity index (χ3n) is 4.76. The molecule has 3 aromatic rings. The Labute approximate surface area is 208 Å². The van der Waals surface area contributed by atoms with Gasteiger partial charge in [-0.3, -0.25) is 4.79 Å². The van der Waals surface area contributed by atoms with Crippen molar-refractivity contribution < 1.29 is 27.1 Å². The molecule has 0 saturated heterocycles. The van der Waals surface area contributed by atoms with E-state index in [1.54, 1.807) is 18.2 Å². The van der Waals surface area contributed by atoms with Gasteiger partial charge in [0, 0.05) is 16.8 Å². The molecule has 0 aromatic heterocycles. The predicted octanol–water partition coefficient (Wildman–Crippen LogP) is 7.13. The van der Waals surface area contributed by atoms with Crippen molar-refractivity contribution in [3.63, 3.8) is 0 Å². The Bertz CT molecular complexity index is 1210. The molecule has 164 valence electrons. The standard InChI is InChI=1S/C23H13F4I2NO2/c24-15-4-1-12(2-5-15)11-32-21-18(28)8-13(9-19(21)29)7-17-16-6-3-14(23(25,26)27)10-20(16)30-22(17)31/h1-10H,11H2,(H,30,31)/b17-7-. The van der Waals surface area contributed by atoms with Crippen molar-refractivity contribution in [1.82, 2.24) is 0 Å². The van der Waals surface area contributed by atoms with E-state index in [1.165, 1.54) is 18.2 Å². The molecule has 0 spiro atoms. The number of nitrogens with one attached hydrogen (secondary N) is 1. The lowest BCUT2D eigenvalue weighted by atomic mass is 10.0. The first-order valence-electron chi connectivity index (χ1n) is 9.23. The summed E-state index contributed by atoms with van der Waals surface area (Å²) in [6.07, 6.45) is -2.84. The number of benzene rings is 3. The third kappa shape index (κ3) is 4.92. The minimum Gasteiger partial charge on any atom is -0.487 e. The summed E-state index contributed by atoms with van der Waals surface area (Å²) in [6, 6.07) is 12.9. The van der Waals surface area contributed by atoms with E-state index in [-0.39, 0.29) is 18.1 Å². The van der Waals surface area contributed by atoms with Crippen LogP contribution in [0, 0.1) is 13.0 Å². The lowest BCUT2D eigenvalue weighted by Crippen LogP contribution is -2.06. The highest BCUT2D eigenvalue weighted by molar-refractivity contribution is 14.1. The van der Waals surface area contributed by atoms with Crippen molar-refractivity contribution in [3.05, 3.63) is 89.8 Å². The maximum atomic E-state index is 13.1. The molecule has 4 rings (SSSR count). The van der Waals surface area contributed by atoms with Gasteiger partial charge in [-0.25, -0.2) is 4.39 Å². The molecule has 1 amide bonds. The van der Waals surface area contributed by atoms with E-state index in [1.807, 2.05) is 12.1 Å². The molecule has 9 heteroatoms. The Morgan fingerprint density at radius 2 is 1.62 bits per heavy atom. The number of carbonyl (C=O) groups is 1. The van der Waals surface area contributed by atoms with E-state index in [2.05, 4.69) is 50.5 Å². The summed E-state index contributed by atoms with van der Waals surface area (Å²) < 4.78 is 59.4. The molecule has 0 atom stereocenters. The summed E-state index contributed by atoms with van der Waals surface area (Å²) in [4.78, 5) is 12.4. The first-order chi connectivity index (χ1) is 15.1. The van der Waals surface area contributed by atoms with Crippen LogP contribution < -0.4 is 10.1 Å². The van der Waals surface area contributed by atoms with Gasteiger partial charge in [-0.15, -0.1) is 0 Å². The maximum absolute atomic E-state index is 13.1. The zero-order valence-corrected chi connectivity index (χ0v) is 20.4. The molecule has 0 bridgehead atoms. The Morgan fingerprint density at radius 1 is 0.969 bits per heavy atom. The normalized spacial score (nSPS) is 14.4. The molecule has 3 aromatic carbocycles. The van der Waals surface area contributed by atoms with E-state index in [0.717, 1.165) is 24.8 Å². The number of rotatable bonds is 4. The van der Waals surface area contributed by atoms with Crippen LogP contribution >= 0.6 is 45.2 Å². The van der Waals surface area contributed by atoms with Crippen LogP contribution in [0.25, 0.3) is 11.6 Å². The van der Waals surface area contributed by atoms with Crippen LogP contribution in [-0.4, -0.2) is 5.91 Å². The van der Waals surface area contributed by atoms with Gasteiger partial charge < -0.3 is 10.1 Å². The molecule has 1 heterocycles. The van der Waals surface area contributed by atoms with Crippen molar-refractivity contribution in [2.75, 3.05) is 5.32 Å². The molecule has 0 saturated carbocycles. The van der Waals surface area contributed by atoms with Crippen LogP contribution in [0.15, 0.2) is 54.6 Å². The molecule has 1 aliphatic heterocycles. The largest absolute Gasteiger partial charge is 0.487 e. The molecule has 32 heavy (non-hydrogen) atoms. The highest BCUT2D eigenvalue weighted by Crippen LogP contribution is 2.39. The van der Waals surface area contributed by atoms with Crippen LogP contribution in [0.2, 0.25) is 0 Å². The summed E-state index contributed by atoms with van der Waals surface area (Å²) in [5.74, 6) is -0.118. The van der Waals surface area contributed by atoms with Gasteiger partial charge in [-0.1, -0.05) is 18.2 Å². The van der Waals surface area contributed by atoms with Gasteiger partial charge in [0.2, 0.25) is 0 Å². The smallest absolute Gasteiger partial charge is 0.416 e. The van der Waals surface area contributed by atoms with Crippen LogP contribution in [0.5, 0.6) is 5.75 Å². The van der Waals surface area contributed by atoms with Crippen molar-refractivity contribution in [2.45, 2.75) is 12.8 Å². The lowest BCUT2D eigenvalue weighted by Gasteiger charge is -2.12. The molecule has 0 aliphatic carbocycles. The average molecular weight is 665 g/mol. The van der Waals surface area contributed by atoms with E-state index in [9.17, 15) is 22.4 Å². The molecule has 1 aliphatic rings. The Balaban J connectivity index is 1.60. The molecule has 3 nitrogen and oxygen atoms in total. The van der Waals surface area contributed by atoms with Crippen LogP contribution in [0.1, 0.15) is 22.3 Å². The molecular formula is C23H13F4I2NO2. The first-order valence-corrected chi connectivity index (χ1v) is 11.4. The van der Waals surface area contributed by atoms with Gasteiger partial charge in [0.1, 0.15) is 18.2 Å². The average Bonchev–Trinajstić information content (AvgIpc) is 3.02. The van der Waals surface area contributed by atoms with Crippen LogP contribution in [0.4, 0.5) is 23.2 Å². The van der Waals surface area contributed by atoms with Gasteiger partial charge in [-0.2, -0.15) is 13.2 Å². The fourth-order valence-electron chi connectivity index (χ4n) is 3.22. The fourth-order valence-corrected chi connectivity index (χ4v) is 5.35. The predicted molar refractivity (Wildman–Crippen MR) is 131 cm³/mol. The topological polar surface area (TPSA) is 38.3 Å². The SMILES string of the molecule is O=C1Nc2cc(C(F)(F)F)ccc2/C1=C/c1cc(I)c(OCc2ccc(F)cc2)c(I)c1. The summed E-state index contributed by atoms with van der Waals surface area (Å²) in [7, 11) is 0. The van der Waals surface area contributed by atoms with Gasteiger partial charge >= 0.3 is 6.18 Å². The summed E-state index contributed by atoms with van der Waals surface area (Å²) in [5, 5.41) is 2.50. The van der Waals surface area contributed by atoms with Crippen LogP contribution in [0.3, 0.4) is 0 Å². The molecule has 0 radical (unpaired) electrons. The number of hydrogen-bond acceptors (Lipinski definition) is 2. The lowest BCUT2D eigenvalue weighted by molar-refractivity contribution is -0.137. The van der Waals surface area contributed by atoms with Gasteiger partial charge in [0.15, 0.2) is 0 Å². The van der Waals surface area contributed by atoms with E-state index >= 15 is 0 Å². The highest BCUT2D eigenvalue weighted by atomic mass is 127. The fraction of sp³-hybridized carbons (Fsp3) is 0.0870. The quantitative estimate of drug-likeness (QED) is 0.183. The van der Waals surface area contributed by atoms with Gasteiger partial charge in [-0.05, 0) is 98.8 Å². The van der Waals surface area contributed by atoms with E-state index < -0.39 is 17.6 Å². The van der Waals surface area contributed by atoms with E-state index in [4.69, 9.17) is 4.74 Å². The summed E-state index contributed by atoms with van der Waals surface area (Å²) in [6.45, 7) is 0.268. The second kappa shape index (κ2) is 9.00. The number of anilines is 1. The molecule has 0 fully saturated rings. The van der Waals surface area contributed by atoms with Crippen molar-refractivity contribution >= 4 is 68.4 Å². The van der Waals surface area contributed by atoms with Crippen molar-refractivity contribution in [3.8, 4) is 5.75 Å². The highest BCUT2D eigenvalue weighted by Gasteiger charge is 2.33. The van der Waals surface area contributed by atoms with Crippen molar-refractivity contribution in [2.24, 2.45) is 0 Å². The summed E-state index contributed by atoms with van der Waals surface area (Å²) in [5.41, 5.74) is 1.57. The van der Waals surface area contributed by atoms with E-state index in [0.29, 0.717) is 22.4 Å². The second-order valence-corrected chi connectivity index (χ2v) is 9.32. The number of hydrogen-bond donors (Lipinski definition) is 1. The minimum atomic E-state index is -4.48. The number of alkyl halides is 3. The zero-order valence-electron chi connectivity index (χ0n) is 16.1. The van der Waals surface area contributed by atoms with Crippen molar-refractivity contribution in [1.29, 1.82) is 0 Å². The zero-order chi connectivity index (χ0) is 23.0. The summed E-state index contributed by atoms with van der Waals surface area (Å²) >= 11 is 4.24. The Hall–Kier alpha value is -2.15. The number of fused-ring (bicyclic) bond motifs is 1. The monoisotopic (exact) mass is 665 g/mol. The number of carbonyl (C=O) groups excluding carboxylic acids is 1. The number of amides is 1. The first kappa shape index (κ1) is 23.0. The third-order valence-corrected chi connectivity index (χ3v) is 6.36. The Kier molecular flexibility index (Phi) is 6.48. The molecule has 0 unspecified atom stereocenters.